The van der Waals surface area contributed by atoms with Gasteiger partial charge < -0.3 is 5.32 Å². The van der Waals surface area contributed by atoms with Crippen LogP contribution in [0, 0.1) is 0 Å². The van der Waals surface area contributed by atoms with Gasteiger partial charge >= 0.3 is 0 Å². The third kappa shape index (κ3) is 2.51. The van der Waals surface area contributed by atoms with Crippen molar-refractivity contribution in [3.8, 4) is 5.82 Å². The maximum atomic E-state index is 11.9. The molecule has 0 atom stereocenters. The highest BCUT2D eigenvalue weighted by Crippen LogP contribution is 2.06. The van der Waals surface area contributed by atoms with Crippen LogP contribution in [0.1, 0.15) is 10.5 Å². The lowest BCUT2D eigenvalue weighted by molar-refractivity contribution is 0.102. The van der Waals surface area contributed by atoms with Gasteiger partial charge in [-0.05, 0) is 30.3 Å². The molecule has 0 radical (unpaired) electrons. The molecular formula is C13H10N6O. The molecule has 3 heterocycles. The highest BCUT2D eigenvalue weighted by atomic mass is 16.1. The van der Waals surface area contributed by atoms with Gasteiger partial charge in [0, 0.05) is 18.6 Å². The number of amides is 1. The second-order valence-electron chi connectivity index (χ2n) is 3.92. The number of hydrogen-bond acceptors (Lipinski definition) is 5. The number of pyridine rings is 1. The summed E-state index contributed by atoms with van der Waals surface area (Å²) in [6, 6.07) is 8.54. The smallest absolute Gasteiger partial charge is 0.276 e. The van der Waals surface area contributed by atoms with Crippen LogP contribution in [0.3, 0.4) is 0 Å². The van der Waals surface area contributed by atoms with Crippen LogP contribution in [0.25, 0.3) is 5.82 Å². The maximum absolute atomic E-state index is 11.9. The maximum Gasteiger partial charge on any atom is 0.276 e. The van der Waals surface area contributed by atoms with E-state index in [0.717, 1.165) is 0 Å². The molecule has 20 heavy (non-hydrogen) atoms. The molecule has 0 spiro atoms. The van der Waals surface area contributed by atoms with E-state index in [4.69, 9.17) is 0 Å². The summed E-state index contributed by atoms with van der Waals surface area (Å²) >= 11 is 0. The fraction of sp³-hybridized carbons (Fsp3) is 0. The molecule has 3 aromatic rings. The van der Waals surface area contributed by atoms with Crippen LogP contribution >= 0.6 is 0 Å². The Hall–Kier alpha value is -3.09. The van der Waals surface area contributed by atoms with Crippen LogP contribution in [0.4, 0.5) is 5.69 Å². The van der Waals surface area contributed by atoms with Gasteiger partial charge in [-0.15, -0.1) is 10.2 Å². The molecule has 0 fully saturated rings. The van der Waals surface area contributed by atoms with E-state index in [1.165, 1.54) is 0 Å². The highest BCUT2D eigenvalue weighted by molar-refractivity contribution is 6.02. The van der Waals surface area contributed by atoms with Gasteiger partial charge in [-0.2, -0.15) is 5.10 Å². The molecule has 3 aromatic heterocycles. The molecule has 0 bridgehead atoms. The Labute approximate surface area is 114 Å². The zero-order chi connectivity index (χ0) is 13.8. The zero-order valence-corrected chi connectivity index (χ0v) is 10.3. The van der Waals surface area contributed by atoms with Gasteiger partial charge in [0.25, 0.3) is 5.91 Å². The quantitative estimate of drug-likeness (QED) is 0.772. The Kier molecular flexibility index (Phi) is 3.15. The van der Waals surface area contributed by atoms with Crippen LogP contribution in [-0.2, 0) is 0 Å². The Morgan fingerprint density at radius 3 is 2.70 bits per heavy atom. The van der Waals surface area contributed by atoms with Crippen molar-refractivity contribution >= 4 is 11.6 Å². The fourth-order valence-electron chi connectivity index (χ4n) is 1.60. The largest absolute Gasteiger partial charge is 0.319 e. The average Bonchev–Trinajstić information content (AvgIpc) is 3.03. The lowest BCUT2D eigenvalue weighted by Gasteiger charge is -2.04. The first kappa shape index (κ1) is 12.0. The van der Waals surface area contributed by atoms with E-state index in [1.54, 1.807) is 59.8 Å². The summed E-state index contributed by atoms with van der Waals surface area (Å²) in [5.74, 6) is 0.213. The molecule has 7 heteroatoms. The second kappa shape index (κ2) is 5.27. The summed E-state index contributed by atoms with van der Waals surface area (Å²) in [6.07, 6.45) is 6.59. The number of rotatable bonds is 3. The van der Waals surface area contributed by atoms with E-state index in [0.29, 0.717) is 11.5 Å². The molecule has 0 aromatic carbocycles. The predicted octanol–water partition coefficient (Wildman–Crippen LogP) is 1.31. The van der Waals surface area contributed by atoms with E-state index >= 15 is 0 Å². The third-order valence-electron chi connectivity index (χ3n) is 2.54. The number of carbonyl (C=O) groups excluding carboxylic acids is 1. The van der Waals surface area contributed by atoms with Crippen molar-refractivity contribution in [2.24, 2.45) is 0 Å². The minimum absolute atomic E-state index is 0.227. The van der Waals surface area contributed by atoms with E-state index in [9.17, 15) is 4.79 Å². The van der Waals surface area contributed by atoms with Gasteiger partial charge in [-0.1, -0.05) is 0 Å². The summed E-state index contributed by atoms with van der Waals surface area (Å²) in [5, 5.41) is 14.6. The van der Waals surface area contributed by atoms with Crippen molar-refractivity contribution in [1.29, 1.82) is 0 Å². The summed E-state index contributed by atoms with van der Waals surface area (Å²) in [4.78, 5) is 15.9. The predicted molar refractivity (Wildman–Crippen MR) is 71.3 cm³/mol. The molecule has 3 rings (SSSR count). The van der Waals surface area contributed by atoms with Crippen LogP contribution in [0.2, 0.25) is 0 Å². The van der Waals surface area contributed by atoms with Crippen LogP contribution in [0.15, 0.2) is 55.1 Å². The molecule has 0 saturated heterocycles. The first-order valence-electron chi connectivity index (χ1n) is 5.88. The SMILES string of the molecule is O=C(Nc1cccnc1)c1ccc(-n2cccn2)nn1. The Morgan fingerprint density at radius 1 is 1.10 bits per heavy atom. The molecule has 7 nitrogen and oxygen atoms in total. The number of nitrogens with zero attached hydrogens (tertiary/aromatic N) is 5. The molecule has 98 valence electrons. The van der Waals surface area contributed by atoms with Gasteiger partial charge in [-0.25, -0.2) is 4.68 Å². The monoisotopic (exact) mass is 266 g/mol. The van der Waals surface area contributed by atoms with Gasteiger partial charge in [0.15, 0.2) is 11.5 Å². The van der Waals surface area contributed by atoms with Crippen molar-refractivity contribution in [2.45, 2.75) is 0 Å². The first-order chi connectivity index (χ1) is 9.83. The Balaban J connectivity index is 1.76. The van der Waals surface area contributed by atoms with Crippen molar-refractivity contribution < 1.29 is 4.79 Å². The average molecular weight is 266 g/mol. The standard InChI is InChI=1S/C13H10N6O/c20-13(16-10-3-1-6-14-9-10)11-4-5-12(18-17-11)19-8-2-7-15-19/h1-9H,(H,16,20). The van der Waals surface area contributed by atoms with Crippen molar-refractivity contribution in [1.82, 2.24) is 25.0 Å². The highest BCUT2D eigenvalue weighted by Gasteiger charge is 2.09. The molecule has 0 unspecified atom stereocenters. The topological polar surface area (TPSA) is 85.6 Å². The second-order valence-corrected chi connectivity index (χ2v) is 3.92. The number of nitrogens with one attached hydrogen (secondary N) is 1. The molecule has 1 N–H and O–H groups in total. The molecule has 0 aliphatic heterocycles. The van der Waals surface area contributed by atoms with Gasteiger partial charge in [0.2, 0.25) is 0 Å². The van der Waals surface area contributed by atoms with Crippen LogP contribution in [0.5, 0.6) is 0 Å². The molecule has 0 aliphatic carbocycles. The van der Waals surface area contributed by atoms with Gasteiger partial charge in [-0.3, -0.25) is 9.78 Å². The minimum Gasteiger partial charge on any atom is -0.319 e. The number of hydrogen-bond donors (Lipinski definition) is 1. The molecule has 1 amide bonds. The lowest BCUT2D eigenvalue weighted by Crippen LogP contribution is -2.15. The fourth-order valence-corrected chi connectivity index (χ4v) is 1.60. The molecular weight excluding hydrogens is 256 g/mol. The summed E-state index contributed by atoms with van der Waals surface area (Å²) < 4.78 is 1.57. The lowest BCUT2D eigenvalue weighted by atomic mass is 10.3. The summed E-state index contributed by atoms with van der Waals surface area (Å²) in [5.41, 5.74) is 0.834. The van der Waals surface area contributed by atoms with Crippen LogP contribution < -0.4 is 5.32 Å². The van der Waals surface area contributed by atoms with Gasteiger partial charge in [0.05, 0.1) is 11.9 Å². The van der Waals surface area contributed by atoms with E-state index in [2.05, 4.69) is 25.6 Å². The summed E-state index contributed by atoms with van der Waals surface area (Å²) in [6.45, 7) is 0. The normalized spacial score (nSPS) is 10.2. The van der Waals surface area contributed by atoms with Crippen molar-refractivity contribution in [2.75, 3.05) is 5.32 Å². The molecule has 0 aliphatic rings. The van der Waals surface area contributed by atoms with E-state index < -0.39 is 0 Å². The van der Waals surface area contributed by atoms with E-state index in [1.807, 2.05) is 0 Å². The Bertz CT molecular complexity index is 693. The first-order valence-corrected chi connectivity index (χ1v) is 5.88. The number of carbonyl (C=O) groups is 1. The van der Waals surface area contributed by atoms with Crippen LogP contribution in [-0.4, -0.2) is 30.9 Å². The van der Waals surface area contributed by atoms with E-state index in [-0.39, 0.29) is 11.6 Å². The Morgan fingerprint density at radius 2 is 2.05 bits per heavy atom. The van der Waals surface area contributed by atoms with Crippen molar-refractivity contribution in [3.63, 3.8) is 0 Å². The summed E-state index contributed by atoms with van der Waals surface area (Å²) in [7, 11) is 0. The minimum atomic E-state index is -0.336. The zero-order valence-electron chi connectivity index (χ0n) is 10.3. The van der Waals surface area contributed by atoms with Crippen molar-refractivity contribution in [3.05, 3.63) is 60.8 Å². The number of aromatic nitrogens is 5. The number of anilines is 1. The molecule has 0 saturated carbocycles. The third-order valence-corrected chi connectivity index (χ3v) is 2.54. The van der Waals surface area contributed by atoms with Gasteiger partial charge in [0.1, 0.15) is 0 Å².